The van der Waals surface area contributed by atoms with Gasteiger partial charge in [-0.1, -0.05) is 165 Å². The molecule has 0 bridgehead atoms. The average Bonchev–Trinajstić information content (AvgIpc) is 3.58. The first-order valence-electron chi connectivity index (χ1n) is 17.3. The van der Waals surface area contributed by atoms with Crippen LogP contribution in [0.25, 0.3) is 55.8 Å². The van der Waals surface area contributed by atoms with Crippen LogP contribution in [0.3, 0.4) is 0 Å². The summed E-state index contributed by atoms with van der Waals surface area (Å²) in [6, 6.07) is 46.5. The van der Waals surface area contributed by atoms with Crippen LogP contribution >= 0.6 is 0 Å². The summed E-state index contributed by atoms with van der Waals surface area (Å²) in [7, 11) is 0. The van der Waals surface area contributed by atoms with Crippen molar-refractivity contribution in [2.24, 2.45) is 0 Å². The van der Waals surface area contributed by atoms with Crippen molar-refractivity contribution in [3.63, 3.8) is 0 Å². The van der Waals surface area contributed by atoms with E-state index in [-0.39, 0.29) is 5.41 Å². The maximum atomic E-state index is 6.65. The molecule has 9 rings (SSSR count). The van der Waals surface area contributed by atoms with Crippen molar-refractivity contribution in [2.75, 3.05) is 0 Å². The van der Waals surface area contributed by atoms with Crippen LogP contribution in [0, 0.1) is 0 Å². The normalized spacial score (nSPS) is 16.9. The molecular formula is C46H35N3O. The van der Waals surface area contributed by atoms with E-state index in [4.69, 9.17) is 19.4 Å². The quantitative estimate of drug-likeness (QED) is 0.181. The summed E-state index contributed by atoms with van der Waals surface area (Å²) in [5.41, 5.74) is 10.8. The molecule has 2 aliphatic rings. The van der Waals surface area contributed by atoms with E-state index in [1.807, 2.05) is 24.3 Å². The van der Waals surface area contributed by atoms with E-state index in [2.05, 4.69) is 140 Å². The van der Waals surface area contributed by atoms with E-state index >= 15 is 0 Å². The van der Waals surface area contributed by atoms with E-state index in [0.717, 1.165) is 69.4 Å². The number of hydrogen-bond acceptors (Lipinski definition) is 4. The van der Waals surface area contributed by atoms with Gasteiger partial charge in [0.1, 0.15) is 11.3 Å². The molecule has 0 aliphatic heterocycles. The van der Waals surface area contributed by atoms with E-state index in [1.54, 1.807) is 0 Å². The first kappa shape index (κ1) is 30.0. The van der Waals surface area contributed by atoms with E-state index < -0.39 is 0 Å². The number of para-hydroxylation sites is 1. The fourth-order valence-corrected chi connectivity index (χ4v) is 7.26. The van der Waals surface area contributed by atoms with E-state index in [0.29, 0.717) is 17.5 Å². The van der Waals surface area contributed by atoms with Crippen LogP contribution in [0.5, 0.6) is 0 Å². The summed E-state index contributed by atoms with van der Waals surface area (Å²) in [5, 5.41) is 1.08. The van der Waals surface area contributed by atoms with Gasteiger partial charge in [-0.25, -0.2) is 15.0 Å². The highest BCUT2D eigenvalue weighted by Gasteiger charge is 2.28. The fourth-order valence-electron chi connectivity index (χ4n) is 7.26. The van der Waals surface area contributed by atoms with Crippen molar-refractivity contribution >= 4 is 22.1 Å². The molecule has 2 heterocycles. The van der Waals surface area contributed by atoms with Gasteiger partial charge < -0.3 is 4.42 Å². The van der Waals surface area contributed by atoms with E-state index in [1.165, 1.54) is 16.7 Å². The second-order valence-electron chi connectivity index (χ2n) is 13.3. The molecule has 4 heteroatoms. The Morgan fingerprint density at radius 3 is 1.92 bits per heavy atom. The molecular weight excluding hydrogens is 611 g/mol. The lowest BCUT2D eigenvalue weighted by Crippen LogP contribution is -2.20. The molecule has 0 N–H and O–H groups in total. The Morgan fingerprint density at radius 1 is 0.580 bits per heavy atom. The molecule has 2 aromatic heterocycles. The molecule has 4 nitrogen and oxygen atoms in total. The van der Waals surface area contributed by atoms with Gasteiger partial charge in [-0.05, 0) is 35.1 Å². The zero-order valence-electron chi connectivity index (χ0n) is 27.9. The fraction of sp³-hybridized carbons (Fsp3) is 0.109. The molecule has 2 aliphatic carbocycles. The van der Waals surface area contributed by atoms with E-state index in [9.17, 15) is 0 Å². The summed E-state index contributed by atoms with van der Waals surface area (Å²) >= 11 is 0. The third kappa shape index (κ3) is 5.39. The Labute approximate surface area is 292 Å². The number of aromatic nitrogens is 3. The molecule has 0 saturated heterocycles. The SMILES string of the molecule is CC1(c2ccc(-c3ccccc3)cc2)C=CC(c2nc(C3=CCCc4oc5c(-c6ccccc6)cccc5c43)nc(-c3ccccc3)n2)=CC1. The lowest BCUT2D eigenvalue weighted by molar-refractivity contribution is 0.546. The maximum absolute atomic E-state index is 6.65. The smallest absolute Gasteiger partial charge is 0.164 e. The van der Waals surface area contributed by atoms with Gasteiger partial charge in [0.05, 0.1) is 0 Å². The van der Waals surface area contributed by atoms with Gasteiger partial charge in [0, 0.05) is 45.1 Å². The van der Waals surface area contributed by atoms with Gasteiger partial charge in [0.25, 0.3) is 0 Å². The molecule has 0 saturated carbocycles. The van der Waals surface area contributed by atoms with Crippen molar-refractivity contribution in [3.8, 4) is 33.6 Å². The number of nitrogens with zero attached hydrogens (tertiary/aromatic N) is 3. The monoisotopic (exact) mass is 645 g/mol. The highest BCUT2D eigenvalue weighted by Crippen LogP contribution is 2.42. The van der Waals surface area contributed by atoms with Crippen LogP contribution in [0.15, 0.2) is 162 Å². The summed E-state index contributed by atoms with van der Waals surface area (Å²) in [6.45, 7) is 2.30. The second-order valence-corrected chi connectivity index (χ2v) is 13.3. The number of benzene rings is 5. The van der Waals surface area contributed by atoms with Gasteiger partial charge in [-0.15, -0.1) is 0 Å². The molecule has 1 unspecified atom stereocenters. The Balaban J connectivity index is 1.10. The lowest BCUT2D eigenvalue weighted by Gasteiger charge is -2.29. The molecule has 1 atom stereocenters. The third-order valence-electron chi connectivity index (χ3n) is 10.1. The minimum Gasteiger partial charge on any atom is -0.460 e. The van der Waals surface area contributed by atoms with Gasteiger partial charge >= 0.3 is 0 Å². The van der Waals surface area contributed by atoms with Crippen LogP contribution in [0.4, 0.5) is 0 Å². The predicted octanol–water partition coefficient (Wildman–Crippen LogP) is 11.3. The molecule has 240 valence electrons. The van der Waals surface area contributed by atoms with Crippen molar-refractivity contribution < 1.29 is 4.42 Å². The van der Waals surface area contributed by atoms with Crippen molar-refractivity contribution in [1.82, 2.24) is 15.0 Å². The molecule has 7 aromatic rings. The number of furan rings is 1. The van der Waals surface area contributed by atoms with Crippen molar-refractivity contribution in [2.45, 2.75) is 31.6 Å². The number of aryl methyl sites for hydroxylation is 1. The third-order valence-corrected chi connectivity index (χ3v) is 10.1. The summed E-state index contributed by atoms with van der Waals surface area (Å²) in [6.07, 6.45) is 11.6. The predicted molar refractivity (Wildman–Crippen MR) is 203 cm³/mol. The number of rotatable bonds is 6. The Morgan fingerprint density at radius 2 is 1.22 bits per heavy atom. The lowest BCUT2D eigenvalue weighted by atomic mass is 9.76. The Kier molecular flexibility index (Phi) is 7.43. The zero-order chi connectivity index (χ0) is 33.5. The molecule has 0 amide bonds. The minimum absolute atomic E-state index is 0.135. The highest BCUT2D eigenvalue weighted by atomic mass is 16.3. The van der Waals surface area contributed by atoms with Crippen LogP contribution < -0.4 is 0 Å². The summed E-state index contributed by atoms with van der Waals surface area (Å²) in [5.74, 6) is 2.99. The van der Waals surface area contributed by atoms with Gasteiger partial charge in [0.15, 0.2) is 17.5 Å². The largest absolute Gasteiger partial charge is 0.460 e. The average molecular weight is 646 g/mol. The molecule has 5 aromatic carbocycles. The van der Waals surface area contributed by atoms with Crippen LogP contribution in [0.1, 0.15) is 48.3 Å². The van der Waals surface area contributed by atoms with Crippen molar-refractivity contribution in [1.29, 1.82) is 0 Å². The molecule has 50 heavy (non-hydrogen) atoms. The number of hydrogen-bond donors (Lipinski definition) is 0. The molecule has 0 radical (unpaired) electrons. The van der Waals surface area contributed by atoms with Crippen LogP contribution in [0.2, 0.25) is 0 Å². The molecule has 0 spiro atoms. The standard InChI is InChI=1S/C46H35N3O/c1-46(36-25-23-32(24-26-36)31-13-5-2-6-14-31)29-27-35(28-30-46)44-47-43(34-17-9-4-10-18-34)48-45(49-44)39-21-12-22-40-41(39)38-20-11-19-37(42(38)50-40)33-15-7-3-8-16-33/h2-11,13-21,23-29H,12,22,30H2,1H3. The minimum atomic E-state index is -0.135. The number of allylic oxidation sites excluding steroid dienone is 5. The highest BCUT2D eigenvalue weighted by molar-refractivity contribution is 6.02. The maximum Gasteiger partial charge on any atom is 0.164 e. The number of fused-ring (bicyclic) bond motifs is 3. The van der Waals surface area contributed by atoms with Gasteiger partial charge in [-0.3, -0.25) is 0 Å². The Bertz CT molecular complexity index is 2440. The van der Waals surface area contributed by atoms with Gasteiger partial charge in [-0.2, -0.15) is 0 Å². The van der Waals surface area contributed by atoms with Crippen LogP contribution in [-0.2, 0) is 11.8 Å². The summed E-state index contributed by atoms with van der Waals surface area (Å²) < 4.78 is 6.65. The van der Waals surface area contributed by atoms with Gasteiger partial charge in [0.2, 0.25) is 0 Å². The first-order chi connectivity index (χ1) is 24.6. The second kappa shape index (κ2) is 12.4. The zero-order valence-corrected chi connectivity index (χ0v) is 27.9. The Hall–Kier alpha value is -6.13. The van der Waals surface area contributed by atoms with Crippen LogP contribution in [-0.4, -0.2) is 15.0 Å². The first-order valence-corrected chi connectivity index (χ1v) is 17.3. The van der Waals surface area contributed by atoms with Crippen molar-refractivity contribution in [3.05, 3.63) is 186 Å². The summed E-state index contributed by atoms with van der Waals surface area (Å²) in [4.78, 5) is 15.4. The molecule has 0 fully saturated rings. The topological polar surface area (TPSA) is 51.8 Å².